The Labute approximate surface area is 109 Å². The average Bonchev–Trinajstić information content (AvgIpc) is 2.40. The van der Waals surface area contributed by atoms with Gasteiger partial charge in [-0.15, -0.1) is 0 Å². The fourth-order valence-corrected chi connectivity index (χ4v) is 3.50. The molecule has 2 nitrogen and oxygen atoms in total. The second-order valence-corrected chi connectivity index (χ2v) is 5.70. The van der Waals surface area contributed by atoms with Gasteiger partial charge in [-0.05, 0) is 38.5 Å². The molecule has 2 rings (SSSR count). The summed E-state index contributed by atoms with van der Waals surface area (Å²) < 4.78 is 5.41. The van der Waals surface area contributed by atoms with E-state index in [0.717, 1.165) is 38.5 Å². The Balaban J connectivity index is 1.77. The molecule has 0 unspecified atom stereocenters. The second-order valence-electron chi connectivity index (χ2n) is 5.49. The monoisotopic (exact) mass is 258 g/mol. The number of carbonyl (C=O) groups is 1. The first kappa shape index (κ1) is 13.4. The van der Waals surface area contributed by atoms with Crippen LogP contribution < -0.4 is 0 Å². The molecule has 17 heavy (non-hydrogen) atoms. The van der Waals surface area contributed by atoms with Gasteiger partial charge in [0, 0.05) is 11.8 Å². The number of rotatable bonds is 4. The number of carbonyl (C=O) groups excluding carboxylic acids is 1. The summed E-state index contributed by atoms with van der Waals surface area (Å²) in [5.74, 6) is 1.24. The molecule has 2 fully saturated rings. The van der Waals surface area contributed by atoms with Gasteiger partial charge < -0.3 is 4.74 Å². The number of hydrogen-bond donors (Lipinski definition) is 0. The van der Waals surface area contributed by atoms with Gasteiger partial charge in [0.2, 0.25) is 0 Å². The Kier molecular flexibility index (Phi) is 5.30. The van der Waals surface area contributed by atoms with Crippen molar-refractivity contribution in [3.63, 3.8) is 0 Å². The van der Waals surface area contributed by atoms with Crippen molar-refractivity contribution in [2.24, 2.45) is 11.8 Å². The van der Waals surface area contributed by atoms with Crippen molar-refractivity contribution in [1.29, 1.82) is 0 Å². The predicted octanol–water partition coefficient (Wildman–Crippen LogP) is 3.91. The molecule has 2 aliphatic rings. The summed E-state index contributed by atoms with van der Waals surface area (Å²) in [6.07, 6.45) is 10.4. The van der Waals surface area contributed by atoms with Crippen molar-refractivity contribution < 1.29 is 9.53 Å². The van der Waals surface area contributed by atoms with Crippen LogP contribution in [0, 0.1) is 11.8 Å². The van der Waals surface area contributed by atoms with Gasteiger partial charge in [0.1, 0.15) is 11.8 Å². The van der Waals surface area contributed by atoms with Gasteiger partial charge in [-0.25, -0.2) is 0 Å². The summed E-state index contributed by atoms with van der Waals surface area (Å²) in [5.41, 5.74) is 0. The van der Waals surface area contributed by atoms with Crippen LogP contribution in [0.5, 0.6) is 0 Å². The number of alkyl halides is 1. The summed E-state index contributed by atoms with van der Waals surface area (Å²) in [5, 5.41) is 0. The van der Waals surface area contributed by atoms with E-state index in [2.05, 4.69) is 0 Å². The van der Waals surface area contributed by atoms with Crippen molar-refractivity contribution >= 4 is 17.4 Å². The van der Waals surface area contributed by atoms with Crippen molar-refractivity contribution in [3.8, 4) is 0 Å². The topological polar surface area (TPSA) is 26.3 Å². The molecular formula is C14H23ClO2. The summed E-state index contributed by atoms with van der Waals surface area (Å²) >= 11 is 5.57. The zero-order valence-electron chi connectivity index (χ0n) is 10.5. The highest BCUT2D eigenvalue weighted by atomic mass is 35.5. The molecule has 0 aromatic rings. The van der Waals surface area contributed by atoms with Crippen molar-refractivity contribution in [2.45, 2.75) is 63.9 Å². The van der Waals surface area contributed by atoms with E-state index in [4.69, 9.17) is 16.3 Å². The minimum atomic E-state index is 0.284. The molecule has 0 radical (unpaired) electrons. The van der Waals surface area contributed by atoms with Crippen LogP contribution in [0.15, 0.2) is 0 Å². The van der Waals surface area contributed by atoms with E-state index in [9.17, 15) is 4.79 Å². The Morgan fingerprint density at radius 3 is 2.12 bits per heavy atom. The number of Topliss-reactive ketones (excluding diaryl/α,β-unsaturated/α-hetero) is 1. The number of ether oxygens (including phenoxy) is 1. The number of hydrogen-bond acceptors (Lipinski definition) is 2. The van der Waals surface area contributed by atoms with Crippen LogP contribution in [0.2, 0.25) is 0 Å². The lowest BCUT2D eigenvalue weighted by Gasteiger charge is -2.30. The predicted molar refractivity (Wildman–Crippen MR) is 69.1 cm³/mol. The minimum Gasteiger partial charge on any atom is -0.363 e. The van der Waals surface area contributed by atoms with Crippen LogP contribution in [0.4, 0.5) is 0 Å². The molecule has 0 atom stereocenters. The number of ketones is 1. The molecule has 0 saturated heterocycles. The second kappa shape index (κ2) is 6.75. The van der Waals surface area contributed by atoms with Gasteiger partial charge in [-0.2, -0.15) is 0 Å². The summed E-state index contributed by atoms with van der Waals surface area (Å²) in [6.45, 7) is 0. The first-order valence-corrected chi connectivity index (χ1v) is 7.56. The molecule has 0 aromatic carbocycles. The smallest absolute Gasteiger partial charge is 0.139 e. The lowest BCUT2D eigenvalue weighted by Crippen LogP contribution is -2.31. The van der Waals surface area contributed by atoms with Gasteiger partial charge in [-0.3, -0.25) is 4.79 Å². The summed E-state index contributed by atoms with van der Waals surface area (Å²) in [7, 11) is 0. The highest BCUT2D eigenvalue weighted by Crippen LogP contribution is 2.33. The fourth-order valence-electron chi connectivity index (χ4n) is 3.32. The minimum absolute atomic E-state index is 0.284. The molecule has 0 N–H and O–H groups in total. The third kappa shape index (κ3) is 3.69. The molecule has 0 aliphatic heterocycles. The van der Waals surface area contributed by atoms with Gasteiger partial charge in [0.05, 0.1) is 6.10 Å². The molecule has 0 aromatic heterocycles. The first-order chi connectivity index (χ1) is 8.31. The fraction of sp³-hybridized carbons (Fsp3) is 0.929. The lowest BCUT2D eigenvalue weighted by atomic mass is 9.76. The van der Waals surface area contributed by atoms with Gasteiger partial charge in [-0.1, -0.05) is 30.9 Å². The molecule has 0 amide bonds. The SMILES string of the molecule is O=C(C1CCCCC1)C1CCC(OCCl)CC1. The van der Waals surface area contributed by atoms with E-state index >= 15 is 0 Å². The average molecular weight is 259 g/mol. The van der Waals surface area contributed by atoms with Crippen molar-refractivity contribution in [2.75, 3.05) is 6.07 Å². The quantitative estimate of drug-likeness (QED) is 0.715. The highest BCUT2D eigenvalue weighted by molar-refractivity contribution is 6.17. The Morgan fingerprint density at radius 2 is 1.53 bits per heavy atom. The Bertz CT molecular complexity index is 241. The van der Waals surface area contributed by atoms with Crippen LogP contribution >= 0.6 is 11.6 Å². The Hall–Kier alpha value is -0.0800. The maximum atomic E-state index is 12.4. The van der Waals surface area contributed by atoms with Gasteiger partial charge >= 0.3 is 0 Å². The van der Waals surface area contributed by atoms with E-state index in [-0.39, 0.29) is 6.07 Å². The van der Waals surface area contributed by atoms with Crippen LogP contribution in [-0.2, 0) is 9.53 Å². The molecule has 0 bridgehead atoms. The molecule has 0 spiro atoms. The first-order valence-electron chi connectivity index (χ1n) is 7.02. The maximum Gasteiger partial charge on any atom is 0.139 e. The summed E-state index contributed by atoms with van der Waals surface area (Å²) in [6, 6.07) is 0.284. The Morgan fingerprint density at radius 1 is 0.941 bits per heavy atom. The molecule has 98 valence electrons. The molecular weight excluding hydrogens is 236 g/mol. The zero-order valence-corrected chi connectivity index (χ0v) is 11.3. The third-order valence-electron chi connectivity index (χ3n) is 4.38. The molecule has 2 aliphatic carbocycles. The largest absolute Gasteiger partial charge is 0.363 e. The van der Waals surface area contributed by atoms with Crippen molar-refractivity contribution in [1.82, 2.24) is 0 Å². The van der Waals surface area contributed by atoms with E-state index in [0.29, 0.717) is 23.7 Å². The van der Waals surface area contributed by atoms with Gasteiger partial charge in [0.25, 0.3) is 0 Å². The van der Waals surface area contributed by atoms with E-state index < -0.39 is 0 Å². The number of halogens is 1. The lowest BCUT2D eigenvalue weighted by molar-refractivity contribution is -0.129. The standard InChI is InChI=1S/C14H23ClO2/c15-10-17-13-8-6-12(7-9-13)14(16)11-4-2-1-3-5-11/h11-13H,1-10H2. The van der Waals surface area contributed by atoms with E-state index in [1.807, 2.05) is 0 Å². The molecule has 0 heterocycles. The van der Waals surface area contributed by atoms with E-state index in [1.165, 1.54) is 19.3 Å². The van der Waals surface area contributed by atoms with Crippen LogP contribution in [0.1, 0.15) is 57.8 Å². The highest BCUT2D eigenvalue weighted by Gasteiger charge is 2.31. The van der Waals surface area contributed by atoms with Crippen molar-refractivity contribution in [3.05, 3.63) is 0 Å². The van der Waals surface area contributed by atoms with Crippen LogP contribution in [-0.4, -0.2) is 18.0 Å². The van der Waals surface area contributed by atoms with E-state index in [1.54, 1.807) is 0 Å². The maximum absolute atomic E-state index is 12.4. The van der Waals surface area contributed by atoms with Gasteiger partial charge in [0.15, 0.2) is 0 Å². The van der Waals surface area contributed by atoms with Crippen LogP contribution in [0.3, 0.4) is 0 Å². The normalized spacial score (nSPS) is 31.4. The molecule has 2 saturated carbocycles. The van der Waals surface area contributed by atoms with Crippen LogP contribution in [0.25, 0.3) is 0 Å². The third-order valence-corrected chi connectivity index (χ3v) is 4.51. The summed E-state index contributed by atoms with van der Waals surface area (Å²) in [4.78, 5) is 12.4. The molecule has 3 heteroatoms. The zero-order chi connectivity index (χ0) is 12.1.